The number of nitrogens with two attached hydrogens (primary N) is 1. The molecule has 0 amide bonds. The quantitative estimate of drug-likeness (QED) is 0.572. The van der Waals surface area contributed by atoms with E-state index in [1.54, 1.807) is 0 Å². The summed E-state index contributed by atoms with van der Waals surface area (Å²) in [7, 11) is 0. The molecule has 0 heterocycles. The van der Waals surface area contributed by atoms with E-state index in [1.807, 2.05) is 0 Å². The van der Waals surface area contributed by atoms with Crippen LogP contribution in [0.25, 0.3) is 0 Å². The lowest BCUT2D eigenvalue weighted by molar-refractivity contribution is 1.01. The minimum atomic E-state index is 0.913. The molecule has 0 saturated heterocycles. The third-order valence-corrected chi connectivity index (χ3v) is 2.61. The number of nitrogen functional groups attached to an aromatic ring is 1. The average Bonchev–Trinajstić information content (AvgIpc) is 2.14. The molecular weight excluding hydrogens is 170 g/mol. The second kappa shape index (κ2) is 4.32. The second-order valence-corrected chi connectivity index (χ2v) is 3.92. The monoisotopic (exact) mass is 189 g/mol. The van der Waals surface area contributed by atoms with Crippen molar-refractivity contribution < 1.29 is 0 Å². The zero-order valence-electron chi connectivity index (χ0n) is 9.35. The number of benzene rings is 1. The molecule has 1 nitrogen and oxygen atoms in total. The molecule has 0 aliphatic heterocycles. The first-order valence-corrected chi connectivity index (χ1v) is 5.06. The Hall–Kier alpha value is -1.24. The lowest BCUT2D eigenvalue weighted by Gasteiger charge is -2.09. The van der Waals surface area contributed by atoms with Gasteiger partial charge in [0.25, 0.3) is 0 Å². The Balaban J connectivity index is 2.95. The van der Waals surface area contributed by atoms with Crippen molar-refractivity contribution in [2.45, 2.75) is 33.6 Å². The summed E-state index contributed by atoms with van der Waals surface area (Å²) in [6.07, 6.45) is 2.01. The first-order chi connectivity index (χ1) is 6.54. The van der Waals surface area contributed by atoms with E-state index in [0.717, 1.165) is 18.5 Å². The van der Waals surface area contributed by atoms with Crippen LogP contribution in [0, 0.1) is 13.8 Å². The van der Waals surface area contributed by atoms with Crippen molar-refractivity contribution in [3.63, 3.8) is 0 Å². The van der Waals surface area contributed by atoms with E-state index in [1.165, 1.54) is 22.3 Å². The van der Waals surface area contributed by atoms with Crippen LogP contribution in [0.1, 0.15) is 30.0 Å². The lowest BCUT2D eigenvalue weighted by Crippen LogP contribution is -1.97. The zero-order chi connectivity index (χ0) is 10.7. The predicted octanol–water partition coefficient (Wildman–Crippen LogP) is 3.39. The molecule has 0 aliphatic rings. The Labute approximate surface area is 86.6 Å². The topological polar surface area (TPSA) is 26.0 Å². The van der Waals surface area contributed by atoms with Gasteiger partial charge in [0.05, 0.1) is 0 Å². The summed E-state index contributed by atoms with van der Waals surface area (Å²) in [5, 5.41) is 0. The Morgan fingerprint density at radius 1 is 1.29 bits per heavy atom. The molecule has 1 aromatic rings. The Morgan fingerprint density at radius 2 is 1.79 bits per heavy atom. The van der Waals surface area contributed by atoms with Crippen molar-refractivity contribution in [1.82, 2.24) is 0 Å². The molecule has 0 bridgehead atoms. The molecule has 0 fully saturated rings. The third-order valence-electron chi connectivity index (χ3n) is 2.61. The van der Waals surface area contributed by atoms with Crippen LogP contribution in [0.2, 0.25) is 0 Å². The number of allylic oxidation sites excluding steroid dienone is 1. The molecule has 0 saturated carbocycles. The van der Waals surface area contributed by atoms with Gasteiger partial charge in [0.15, 0.2) is 0 Å². The van der Waals surface area contributed by atoms with Crippen LogP contribution in [0.5, 0.6) is 0 Å². The van der Waals surface area contributed by atoms with Crippen LogP contribution in [0.15, 0.2) is 24.3 Å². The van der Waals surface area contributed by atoms with Crippen molar-refractivity contribution in [1.29, 1.82) is 0 Å². The largest absolute Gasteiger partial charge is 0.398 e. The second-order valence-electron chi connectivity index (χ2n) is 3.92. The number of aryl methyl sites for hydroxylation is 2. The summed E-state index contributed by atoms with van der Waals surface area (Å²) >= 11 is 0. The van der Waals surface area contributed by atoms with E-state index < -0.39 is 0 Å². The normalized spacial score (nSPS) is 10.2. The fraction of sp³-hybridized carbons (Fsp3) is 0.385. The summed E-state index contributed by atoms with van der Waals surface area (Å²) in [5.74, 6) is 0. The first-order valence-electron chi connectivity index (χ1n) is 5.06. The minimum Gasteiger partial charge on any atom is -0.398 e. The molecule has 0 spiro atoms. The Bertz CT molecular complexity index is 327. The Morgan fingerprint density at radius 3 is 2.21 bits per heavy atom. The SMILES string of the molecule is C=C(CC)Cc1cc(C)c(N)c(C)c1. The van der Waals surface area contributed by atoms with Crippen molar-refractivity contribution in [3.05, 3.63) is 41.0 Å². The zero-order valence-corrected chi connectivity index (χ0v) is 9.35. The summed E-state index contributed by atoms with van der Waals surface area (Å²) in [4.78, 5) is 0. The van der Waals surface area contributed by atoms with Gasteiger partial charge in [-0.15, -0.1) is 0 Å². The molecule has 0 aromatic heterocycles. The van der Waals surface area contributed by atoms with Crippen molar-refractivity contribution in [2.24, 2.45) is 0 Å². The fourth-order valence-electron chi connectivity index (χ4n) is 1.58. The molecule has 1 rings (SSSR count). The molecule has 0 radical (unpaired) electrons. The van der Waals surface area contributed by atoms with Gasteiger partial charge in [-0.2, -0.15) is 0 Å². The van der Waals surface area contributed by atoms with Gasteiger partial charge in [-0.25, -0.2) is 0 Å². The van der Waals surface area contributed by atoms with E-state index in [9.17, 15) is 0 Å². The predicted molar refractivity (Wildman–Crippen MR) is 63.5 cm³/mol. The van der Waals surface area contributed by atoms with Gasteiger partial charge in [0.1, 0.15) is 0 Å². The van der Waals surface area contributed by atoms with Crippen molar-refractivity contribution >= 4 is 5.69 Å². The maximum atomic E-state index is 5.89. The highest BCUT2D eigenvalue weighted by atomic mass is 14.6. The van der Waals surface area contributed by atoms with Gasteiger partial charge in [-0.05, 0) is 43.4 Å². The molecule has 76 valence electrons. The summed E-state index contributed by atoms with van der Waals surface area (Å²) in [6, 6.07) is 4.31. The van der Waals surface area contributed by atoms with Crippen LogP contribution in [-0.4, -0.2) is 0 Å². The Kier molecular flexibility index (Phi) is 3.34. The van der Waals surface area contributed by atoms with Crippen molar-refractivity contribution in [2.75, 3.05) is 5.73 Å². The lowest BCUT2D eigenvalue weighted by atomic mass is 9.99. The number of rotatable bonds is 3. The summed E-state index contributed by atoms with van der Waals surface area (Å²) in [6.45, 7) is 10.3. The molecule has 1 heteroatoms. The maximum Gasteiger partial charge on any atom is 0.0373 e. The molecule has 14 heavy (non-hydrogen) atoms. The van der Waals surface area contributed by atoms with Crippen LogP contribution in [0.4, 0.5) is 5.69 Å². The first kappa shape index (κ1) is 10.8. The molecule has 1 aromatic carbocycles. The van der Waals surface area contributed by atoms with Gasteiger partial charge >= 0.3 is 0 Å². The molecule has 0 aliphatic carbocycles. The standard InChI is InChI=1S/C13H19N/c1-5-9(2)6-12-7-10(3)13(14)11(4)8-12/h7-8H,2,5-6,14H2,1,3-4H3. The summed E-state index contributed by atoms with van der Waals surface area (Å²) < 4.78 is 0. The summed E-state index contributed by atoms with van der Waals surface area (Å²) in [5.41, 5.74) is 11.7. The van der Waals surface area contributed by atoms with Gasteiger partial charge < -0.3 is 5.73 Å². The van der Waals surface area contributed by atoms with Crippen LogP contribution < -0.4 is 5.73 Å². The van der Waals surface area contributed by atoms with Crippen LogP contribution >= 0.6 is 0 Å². The van der Waals surface area contributed by atoms with E-state index >= 15 is 0 Å². The highest BCUT2D eigenvalue weighted by molar-refractivity contribution is 5.54. The smallest absolute Gasteiger partial charge is 0.0373 e. The van der Waals surface area contributed by atoms with Gasteiger partial charge in [-0.1, -0.05) is 31.2 Å². The highest BCUT2D eigenvalue weighted by Gasteiger charge is 2.02. The fourth-order valence-corrected chi connectivity index (χ4v) is 1.58. The van der Waals surface area contributed by atoms with E-state index in [0.29, 0.717) is 0 Å². The van der Waals surface area contributed by atoms with E-state index in [-0.39, 0.29) is 0 Å². The molecular formula is C13H19N. The molecule has 0 unspecified atom stereocenters. The third kappa shape index (κ3) is 2.38. The van der Waals surface area contributed by atoms with Gasteiger partial charge in [0, 0.05) is 5.69 Å². The van der Waals surface area contributed by atoms with Crippen molar-refractivity contribution in [3.8, 4) is 0 Å². The number of hydrogen-bond acceptors (Lipinski definition) is 1. The minimum absolute atomic E-state index is 0.913. The molecule has 0 atom stereocenters. The van der Waals surface area contributed by atoms with Crippen LogP contribution in [0.3, 0.4) is 0 Å². The van der Waals surface area contributed by atoms with Crippen LogP contribution in [-0.2, 0) is 6.42 Å². The average molecular weight is 189 g/mol. The molecule has 2 N–H and O–H groups in total. The number of anilines is 1. The maximum absolute atomic E-state index is 5.89. The highest BCUT2D eigenvalue weighted by Crippen LogP contribution is 2.20. The van der Waals surface area contributed by atoms with E-state index in [4.69, 9.17) is 5.73 Å². The van der Waals surface area contributed by atoms with Gasteiger partial charge in [-0.3, -0.25) is 0 Å². The number of hydrogen-bond donors (Lipinski definition) is 1. The van der Waals surface area contributed by atoms with Gasteiger partial charge in [0.2, 0.25) is 0 Å². The van der Waals surface area contributed by atoms with E-state index in [2.05, 4.69) is 39.5 Å².